The lowest BCUT2D eigenvalue weighted by Crippen LogP contribution is -2.62. The molecule has 0 unspecified atom stereocenters. The van der Waals surface area contributed by atoms with Crippen molar-refractivity contribution in [3.8, 4) is 0 Å². The summed E-state index contributed by atoms with van der Waals surface area (Å²) in [5, 5.41) is 54.6. The summed E-state index contributed by atoms with van der Waals surface area (Å²) < 4.78 is 0. The van der Waals surface area contributed by atoms with Gasteiger partial charge in [-0.2, -0.15) is 0 Å². The lowest BCUT2D eigenvalue weighted by atomic mass is 10.1. The highest BCUT2D eigenvalue weighted by Crippen LogP contribution is 2.03. The summed E-state index contributed by atoms with van der Waals surface area (Å²) in [4.78, 5) is 48.6. The number of carboxylic acids is 1. The number of carbonyl (C=O) groups excluding carboxylic acids is 3. The van der Waals surface area contributed by atoms with Crippen LogP contribution in [0.5, 0.6) is 0 Å². The number of nitrogens with one attached hydrogen (secondary N) is 5. The Bertz CT molecular complexity index is 701. The van der Waals surface area contributed by atoms with Crippen LogP contribution in [0, 0.1) is 5.41 Å². The van der Waals surface area contributed by atoms with Gasteiger partial charge in [-0.3, -0.25) is 19.8 Å². The highest BCUT2D eigenvalue weighted by Gasteiger charge is 2.34. The number of aliphatic carboxylic acids is 1. The van der Waals surface area contributed by atoms with Crippen molar-refractivity contribution in [2.45, 2.75) is 76.1 Å². The Morgan fingerprint density at radius 2 is 1.30 bits per heavy atom. The second kappa shape index (κ2) is 14.2. The smallest absolute Gasteiger partial charge is 0.326 e. The van der Waals surface area contributed by atoms with E-state index in [1.54, 1.807) is 0 Å². The second-order valence-electron chi connectivity index (χ2n) is 7.60. The fourth-order valence-electron chi connectivity index (χ4n) is 2.57. The molecule has 0 spiro atoms. The number of hydrogen-bond acceptors (Lipinski definition) is 9. The van der Waals surface area contributed by atoms with E-state index in [0.717, 1.165) is 0 Å². The largest absolute Gasteiger partial charge is 0.480 e. The SMILES string of the molecule is C[C@@H](O)[C@H](N)C(=O)N[C@H](C(=O)N[C@H](C(=O)N[C@@H](CCCNC(=N)N)C(=O)O)[C@@H](C)O)[C@@H](C)O. The van der Waals surface area contributed by atoms with Crippen molar-refractivity contribution < 1.29 is 39.6 Å². The Balaban J connectivity index is 5.27. The number of carboxylic acid groups (broad SMARTS) is 1. The zero-order valence-corrected chi connectivity index (χ0v) is 18.7. The molecule has 0 aliphatic rings. The monoisotopic (exact) mass is 477 g/mol. The van der Waals surface area contributed by atoms with Gasteiger partial charge in [0.05, 0.1) is 18.3 Å². The molecule has 0 aromatic heterocycles. The predicted octanol–water partition coefficient (Wildman–Crippen LogP) is -4.74. The fraction of sp³-hybridized carbons (Fsp3) is 0.722. The molecular formula is C18H35N7O8. The molecule has 0 aromatic rings. The van der Waals surface area contributed by atoms with Gasteiger partial charge < -0.3 is 53.2 Å². The molecule has 0 aliphatic carbocycles. The highest BCUT2D eigenvalue weighted by atomic mass is 16.4. The first kappa shape index (κ1) is 30.0. The normalized spacial score (nSPS) is 17.3. The van der Waals surface area contributed by atoms with E-state index in [4.69, 9.17) is 16.9 Å². The third-order valence-corrected chi connectivity index (χ3v) is 4.55. The van der Waals surface area contributed by atoms with Crippen LogP contribution >= 0.6 is 0 Å². The maximum absolute atomic E-state index is 12.6. The summed E-state index contributed by atoms with van der Waals surface area (Å²) in [6.07, 6.45) is -3.94. The maximum atomic E-state index is 12.6. The van der Waals surface area contributed by atoms with E-state index in [1.165, 1.54) is 20.8 Å². The molecule has 3 amide bonds. The van der Waals surface area contributed by atoms with E-state index < -0.39 is 66.2 Å². The number of aliphatic hydroxyl groups excluding tert-OH is 3. The van der Waals surface area contributed by atoms with Gasteiger partial charge >= 0.3 is 5.97 Å². The molecule has 190 valence electrons. The molecule has 13 N–H and O–H groups in total. The lowest BCUT2D eigenvalue weighted by molar-refractivity contribution is -0.143. The molecule has 15 heteroatoms. The number of nitrogens with two attached hydrogens (primary N) is 2. The number of carbonyl (C=O) groups is 4. The topological polar surface area (TPSA) is 273 Å². The van der Waals surface area contributed by atoms with Crippen molar-refractivity contribution in [2.24, 2.45) is 11.5 Å². The number of hydrogen-bond donors (Lipinski definition) is 11. The number of guanidine groups is 1. The first-order valence-electron chi connectivity index (χ1n) is 10.2. The minimum absolute atomic E-state index is 0.0363. The third-order valence-electron chi connectivity index (χ3n) is 4.55. The minimum Gasteiger partial charge on any atom is -0.480 e. The van der Waals surface area contributed by atoms with Crippen molar-refractivity contribution in [3.05, 3.63) is 0 Å². The highest BCUT2D eigenvalue weighted by molar-refractivity contribution is 5.94. The molecule has 0 saturated carbocycles. The van der Waals surface area contributed by atoms with Crippen molar-refractivity contribution in [1.29, 1.82) is 5.41 Å². The van der Waals surface area contributed by atoms with Gasteiger partial charge in [0.2, 0.25) is 17.7 Å². The average molecular weight is 478 g/mol. The van der Waals surface area contributed by atoms with Gasteiger partial charge in [-0.15, -0.1) is 0 Å². The molecule has 15 nitrogen and oxygen atoms in total. The third kappa shape index (κ3) is 10.9. The van der Waals surface area contributed by atoms with Crippen molar-refractivity contribution >= 4 is 29.7 Å². The van der Waals surface area contributed by atoms with Gasteiger partial charge in [-0.25, -0.2) is 4.79 Å². The van der Waals surface area contributed by atoms with Crippen molar-refractivity contribution in [3.63, 3.8) is 0 Å². The first-order chi connectivity index (χ1) is 15.2. The average Bonchev–Trinajstić information content (AvgIpc) is 2.70. The van der Waals surface area contributed by atoms with Crippen LogP contribution in [0.1, 0.15) is 33.6 Å². The van der Waals surface area contributed by atoms with E-state index in [9.17, 15) is 39.6 Å². The van der Waals surface area contributed by atoms with Crippen LogP contribution in [0.2, 0.25) is 0 Å². The molecule has 0 fully saturated rings. The van der Waals surface area contributed by atoms with Crippen molar-refractivity contribution in [1.82, 2.24) is 21.3 Å². The maximum Gasteiger partial charge on any atom is 0.326 e. The molecule has 33 heavy (non-hydrogen) atoms. The Morgan fingerprint density at radius 3 is 1.70 bits per heavy atom. The summed E-state index contributed by atoms with van der Waals surface area (Å²) in [5.41, 5.74) is 10.6. The lowest BCUT2D eigenvalue weighted by Gasteiger charge is -2.27. The zero-order chi connectivity index (χ0) is 25.9. The van der Waals surface area contributed by atoms with Crippen LogP contribution in [-0.4, -0.2) is 99.1 Å². The Morgan fingerprint density at radius 1 is 0.848 bits per heavy atom. The molecule has 0 bridgehead atoms. The van der Waals surface area contributed by atoms with Crippen LogP contribution in [0.15, 0.2) is 0 Å². The van der Waals surface area contributed by atoms with Crippen LogP contribution < -0.4 is 32.7 Å². The Hall–Kier alpha value is -3.01. The summed E-state index contributed by atoms with van der Waals surface area (Å²) in [7, 11) is 0. The van der Waals surface area contributed by atoms with Gasteiger partial charge in [-0.1, -0.05) is 0 Å². The van der Waals surface area contributed by atoms with Gasteiger partial charge in [-0.05, 0) is 33.6 Å². The molecule has 7 atom stereocenters. The van der Waals surface area contributed by atoms with Crippen molar-refractivity contribution in [2.75, 3.05) is 6.54 Å². The van der Waals surface area contributed by atoms with Crippen LogP contribution in [-0.2, 0) is 19.2 Å². The second-order valence-corrected chi connectivity index (χ2v) is 7.60. The van der Waals surface area contributed by atoms with Gasteiger partial charge in [0.1, 0.15) is 24.2 Å². The van der Waals surface area contributed by atoms with Gasteiger partial charge in [0.15, 0.2) is 5.96 Å². The van der Waals surface area contributed by atoms with Crippen LogP contribution in [0.4, 0.5) is 0 Å². The Labute approximate surface area is 190 Å². The summed E-state index contributed by atoms with van der Waals surface area (Å²) >= 11 is 0. The van der Waals surface area contributed by atoms with E-state index in [1.807, 2.05) is 0 Å². The number of aliphatic hydroxyl groups is 3. The molecule has 0 aliphatic heterocycles. The summed E-state index contributed by atoms with van der Waals surface area (Å²) in [5.74, 6) is -4.65. The van der Waals surface area contributed by atoms with Gasteiger partial charge in [0.25, 0.3) is 0 Å². The standard InChI is InChI=1S/C18H35N7O8/c1-7(26)11(19)14(29)24-13(9(3)28)16(31)25-12(8(2)27)15(30)23-10(17(32)33)5-4-6-22-18(20)21/h7-13,26-28H,4-6,19H2,1-3H3,(H,23,30)(H,24,29)(H,25,31)(H,32,33)(H4,20,21,22)/t7-,8-,9-,10+,11+,12+,13+/m1/s1. The van der Waals surface area contributed by atoms with Crippen LogP contribution in [0.25, 0.3) is 0 Å². The van der Waals surface area contributed by atoms with Gasteiger partial charge in [0, 0.05) is 6.54 Å². The van der Waals surface area contributed by atoms with E-state index in [0.29, 0.717) is 0 Å². The van der Waals surface area contributed by atoms with E-state index in [2.05, 4.69) is 21.3 Å². The van der Waals surface area contributed by atoms with E-state index in [-0.39, 0.29) is 25.3 Å². The fourth-order valence-corrected chi connectivity index (χ4v) is 2.57. The summed E-state index contributed by atoms with van der Waals surface area (Å²) in [6.45, 7) is 3.81. The number of amides is 3. The number of rotatable bonds is 14. The first-order valence-corrected chi connectivity index (χ1v) is 10.2. The quantitative estimate of drug-likeness (QED) is 0.0642. The molecule has 0 rings (SSSR count). The molecule has 0 saturated heterocycles. The molecular weight excluding hydrogens is 442 g/mol. The van der Waals surface area contributed by atoms with Crippen LogP contribution in [0.3, 0.4) is 0 Å². The molecule has 0 radical (unpaired) electrons. The molecule has 0 heterocycles. The zero-order valence-electron chi connectivity index (χ0n) is 18.7. The summed E-state index contributed by atoms with van der Waals surface area (Å²) in [6, 6.07) is -5.94. The molecule has 0 aromatic carbocycles. The minimum atomic E-state index is -1.61. The predicted molar refractivity (Wildman–Crippen MR) is 116 cm³/mol. The Kier molecular flexibility index (Phi) is 12.9. The van der Waals surface area contributed by atoms with E-state index >= 15 is 0 Å².